The van der Waals surface area contributed by atoms with E-state index in [0.717, 1.165) is 5.56 Å². The summed E-state index contributed by atoms with van der Waals surface area (Å²) in [6, 6.07) is 12.5. The number of carbonyl (C=O) groups is 3. The molecule has 0 spiro atoms. The van der Waals surface area contributed by atoms with Gasteiger partial charge < -0.3 is 24.9 Å². The van der Waals surface area contributed by atoms with Gasteiger partial charge in [0.05, 0.1) is 25.7 Å². The molecule has 34 heavy (non-hydrogen) atoms. The van der Waals surface area contributed by atoms with Crippen LogP contribution in [0, 0.1) is 0 Å². The second-order valence-corrected chi connectivity index (χ2v) is 8.00. The maximum Gasteiger partial charge on any atom is 0.338 e. The van der Waals surface area contributed by atoms with Gasteiger partial charge >= 0.3 is 5.97 Å². The Morgan fingerprint density at radius 1 is 1.15 bits per heavy atom. The molecule has 180 valence electrons. The van der Waals surface area contributed by atoms with Gasteiger partial charge in [0.15, 0.2) is 0 Å². The molecule has 1 aliphatic rings. The molecule has 1 aliphatic heterocycles. The van der Waals surface area contributed by atoms with Crippen LogP contribution in [-0.4, -0.2) is 48.8 Å². The molecule has 0 saturated carbocycles. The Balaban J connectivity index is 1.65. The molecule has 10 heteroatoms. The van der Waals surface area contributed by atoms with Crippen LogP contribution in [0.4, 0.5) is 5.69 Å². The van der Waals surface area contributed by atoms with Crippen LogP contribution in [0.15, 0.2) is 53.7 Å². The molecule has 2 aromatic rings. The van der Waals surface area contributed by atoms with Crippen molar-refractivity contribution < 1.29 is 28.7 Å². The first kappa shape index (κ1) is 25.0. The first-order chi connectivity index (χ1) is 16.4. The van der Waals surface area contributed by atoms with Crippen LogP contribution in [0.5, 0.6) is 5.75 Å². The van der Waals surface area contributed by atoms with E-state index < -0.39 is 24.0 Å². The van der Waals surface area contributed by atoms with E-state index in [-0.39, 0.29) is 25.4 Å². The van der Waals surface area contributed by atoms with Crippen LogP contribution in [-0.2, 0) is 25.6 Å². The Morgan fingerprint density at radius 2 is 1.85 bits per heavy atom. The van der Waals surface area contributed by atoms with Gasteiger partial charge in [-0.2, -0.15) is 0 Å². The van der Waals surface area contributed by atoms with Gasteiger partial charge in [-0.3, -0.25) is 9.59 Å². The number of anilines is 1. The van der Waals surface area contributed by atoms with E-state index in [0.29, 0.717) is 28.6 Å². The van der Waals surface area contributed by atoms with Gasteiger partial charge in [0.25, 0.3) is 0 Å². The molecule has 2 aromatic carbocycles. The third kappa shape index (κ3) is 7.21. The van der Waals surface area contributed by atoms with Crippen LogP contribution in [0.2, 0.25) is 0 Å². The van der Waals surface area contributed by atoms with Gasteiger partial charge in [-0.25, -0.2) is 4.79 Å². The highest BCUT2D eigenvalue weighted by Crippen LogP contribution is 2.19. The summed E-state index contributed by atoms with van der Waals surface area (Å²) in [6.07, 6.45) is 0.190. The molecule has 1 unspecified atom stereocenters. The average molecular weight is 488 g/mol. The number of oxime groups is 1. The normalized spacial score (nSPS) is 15.5. The first-order valence-electron chi connectivity index (χ1n) is 10.8. The van der Waals surface area contributed by atoms with Gasteiger partial charge in [-0.05, 0) is 48.9 Å². The minimum Gasteiger partial charge on any atom is -0.497 e. The number of rotatable bonds is 10. The van der Waals surface area contributed by atoms with Crippen LogP contribution in [0.3, 0.4) is 0 Å². The number of benzene rings is 2. The lowest BCUT2D eigenvalue weighted by molar-refractivity contribution is -0.126. The lowest BCUT2D eigenvalue weighted by Gasteiger charge is -2.21. The van der Waals surface area contributed by atoms with Crippen molar-refractivity contribution in [3.63, 3.8) is 0 Å². The Bertz CT molecular complexity index is 1040. The Kier molecular flexibility index (Phi) is 8.86. The predicted octanol–water partition coefficient (Wildman–Crippen LogP) is 3.27. The minimum absolute atomic E-state index is 0.0881. The Morgan fingerprint density at radius 3 is 2.44 bits per heavy atom. The van der Waals surface area contributed by atoms with Crippen molar-refractivity contribution in [2.45, 2.75) is 38.3 Å². The maximum absolute atomic E-state index is 13.0. The van der Waals surface area contributed by atoms with E-state index >= 15 is 0 Å². The van der Waals surface area contributed by atoms with Crippen LogP contribution in [0.25, 0.3) is 0 Å². The molecule has 2 amide bonds. The van der Waals surface area contributed by atoms with E-state index in [1.165, 1.54) is 0 Å². The summed E-state index contributed by atoms with van der Waals surface area (Å²) in [7, 11) is 1.57. The number of carbonyl (C=O) groups excluding carboxylic acids is 3. The van der Waals surface area contributed by atoms with E-state index in [9.17, 15) is 14.4 Å². The van der Waals surface area contributed by atoms with Gasteiger partial charge in [0.2, 0.25) is 11.8 Å². The number of amides is 2. The zero-order chi connectivity index (χ0) is 24.5. The fraction of sp³-hybridized carbons (Fsp3) is 0.333. The zero-order valence-electron chi connectivity index (χ0n) is 18.9. The Hall–Kier alpha value is -3.59. The molecule has 9 nitrogen and oxygen atoms in total. The number of hydrogen-bond acceptors (Lipinski definition) is 7. The summed E-state index contributed by atoms with van der Waals surface area (Å²) in [4.78, 5) is 42.8. The second-order valence-electron chi connectivity index (χ2n) is 7.57. The fourth-order valence-corrected chi connectivity index (χ4v) is 3.53. The van der Waals surface area contributed by atoms with Crippen LogP contribution >= 0.6 is 11.6 Å². The number of methoxy groups -OCH3 is 1. The summed E-state index contributed by atoms with van der Waals surface area (Å²) in [5, 5.41) is 9.54. The van der Waals surface area contributed by atoms with Crippen LogP contribution < -0.4 is 15.4 Å². The highest BCUT2D eigenvalue weighted by Gasteiger charge is 2.29. The van der Waals surface area contributed by atoms with E-state index in [1.54, 1.807) is 62.6 Å². The van der Waals surface area contributed by atoms with Crippen molar-refractivity contribution in [2.24, 2.45) is 5.16 Å². The van der Waals surface area contributed by atoms with Crippen molar-refractivity contribution in [3.8, 4) is 5.75 Å². The highest BCUT2D eigenvalue weighted by atomic mass is 35.5. The van der Waals surface area contributed by atoms with Crippen molar-refractivity contribution in [3.05, 3.63) is 59.7 Å². The molecule has 1 heterocycles. The topological polar surface area (TPSA) is 115 Å². The lowest BCUT2D eigenvalue weighted by atomic mass is 10.0. The van der Waals surface area contributed by atoms with E-state index in [1.807, 2.05) is 0 Å². The predicted molar refractivity (Wildman–Crippen MR) is 127 cm³/mol. The van der Waals surface area contributed by atoms with Crippen molar-refractivity contribution >= 4 is 40.2 Å². The van der Waals surface area contributed by atoms with Gasteiger partial charge in [-0.15, -0.1) is 0 Å². The maximum atomic E-state index is 13.0. The molecule has 2 N–H and O–H groups in total. The summed E-state index contributed by atoms with van der Waals surface area (Å²) < 4.78 is 10.1. The van der Waals surface area contributed by atoms with E-state index in [4.69, 9.17) is 25.9 Å². The number of ether oxygens (including phenoxy) is 2. The largest absolute Gasteiger partial charge is 0.497 e. The Labute approximate surface area is 202 Å². The minimum atomic E-state index is -0.891. The molecule has 0 fully saturated rings. The molecular weight excluding hydrogens is 462 g/mol. The van der Waals surface area contributed by atoms with Crippen LogP contribution in [0.1, 0.15) is 35.7 Å². The average Bonchev–Trinajstić information content (AvgIpc) is 3.24. The summed E-state index contributed by atoms with van der Waals surface area (Å²) >= 11 is 5.89. The first-order valence-corrected chi connectivity index (χ1v) is 11.1. The van der Waals surface area contributed by atoms with Crippen molar-refractivity contribution in [2.75, 3.05) is 19.0 Å². The number of halogens is 1. The number of nitrogens with zero attached hydrogens (tertiary/aromatic N) is 1. The third-order valence-corrected chi connectivity index (χ3v) is 5.26. The monoisotopic (exact) mass is 487 g/mol. The lowest BCUT2D eigenvalue weighted by Crippen LogP contribution is -2.46. The molecule has 3 rings (SSSR count). The molecular formula is C24H26ClN3O6. The molecule has 2 atom stereocenters. The summed E-state index contributed by atoms with van der Waals surface area (Å²) in [6.45, 7) is 1.99. The molecule has 0 radical (unpaired) electrons. The zero-order valence-corrected chi connectivity index (χ0v) is 19.6. The smallest absolute Gasteiger partial charge is 0.338 e. The standard InChI is InChI=1S/C24H26ClN3O6/c1-3-33-24(31)16-6-8-17(9-7-16)26-23(30)20(13-19-14-21(25)28-34-19)27-22(29)12-15-4-10-18(32-2)11-5-15/h4-11,19-20H,3,12-14H2,1-2H3,(H,26,30)(H,27,29)/t19?,20-/m0/s1. The van der Waals surface area contributed by atoms with Gasteiger partial charge in [0, 0.05) is 18.5 Å². The number of nitrogens with one attached hydrogen (secondary N) is 2. The van der Waals surface area contributed by atoms with Crippen molar-refractivity contribution in [1.29, 1.82) is 0 Å². The SMILES string of the molecule is CCOC(=O)c1ccc(NC(=O)[C@H](CC2CC(Cl)=NO2)NC(=O)Cc2ccc(OC)cc2)cc1. The number of esters is 1. The quantitative estimate of drug-likeness (QED) is 0.497. The molecule has 0 saturated heterocycles. The second kappa shape index (κ2) is 12.0. The summed E-state index contributed by atoms with van der Waals surface area (Å²) in [5.41, 5.74) is 1.61. The summed E-state index contributed by atoms with van der Waals surface area (Å²) in [5.74, 6) is -0.517. The molecule has 0 aromatic heterocycles. The molecule has 0 bridgehead atoms. The van der Waals surface area contributed by atoms with Gasteiger partial charge in [-0.1, -0.05) is 28.9 Å². The highest BCUT2D eigenvalue weighted by molar-refractivity contribution is 6.65. The van der Waals surface area contributed by atoms with Crippen molar-refractivity contribution in [1.82, 2.24) is 5.32 Å². The third-order valence-electron chi connectivity index (χ3n) is 5.03. The molecule has 0 aliphatic carbocycles. The number of hydrogen-bond donors (Lipinski definition) is 2. The fourth-order valence-electron chi connectivity index (χ4n) is 3.32. The van der Waals surface area contributed by atoms with E-state index in [2.05, 4.69) is 15.8 Å². The van der Waals surface area contributed by atoms with Gasteiger partial charge in [0.1, 0.15) is 23.1 Å².